The number of hydrogen-bond acceptors (Lipinski definition) is 2. The minimum Gasteiger partial charge on any atom is -0.487 e. The zero-order chi connectivity index (χ0) is 18.6. The number of carbonyl (C=O) groups is 1. The zero-order valence-electron chi connectivity index (χ0n) is 16.1. The molecule has 0 aromatic heterocycles. The molecule has 140 valence electrons. The second kappa shape index (κ2) is 11.3. The Morgan fingerprint density at radius 3 is 2.38 bits per heavy atom. The number of carbonyl (C=O) groups excluding carboxylic acids is 1. The zero-order valence-corrected chi connectivity index (χ0v) is 16.1. The van der Waals surface area contributed by atoms with Crippen LogP contribution in [0.3, 0.4) is 0 Å². The summed E-state index contributed by atoms with van der Waals surface area (Å²) in [6, 6.07) is 16.2. The molecule has 2 rings (SSSR count). The van der Waals surface area contributed by atoms with Crippen LogP contribution in [0.25, 0.3) is 0 Å². The number of benzene rings is 2. The number of amides is 1. The van der Waals surface area contributed by atoms with Crippen molar-refractivity contribution in [3.05, 3.63) is 59.7 Å². The van der Waals surface area contributed by atoms with E-state index in [-0.39, 0.29) is 5.91 Å². The van der Waals surface area contributed by atoms with Crippen LogP contribution < -0.4 is 10.1 Å². The van der Waals surface area contributed by atoms with Gasteiger partial charge in [-0.3, -0.25) is 4.79 Å². The number of anilines is 1. The van der Waals surface area contributed by atoms with Gasteiger partial charge in [-0.15, -0.1) is 0 Å². The second-order valence-electron chi connectivity index (χ2n) is 6.80. The van der Waals surface area contributed by atoms with Crippen molar-refractivity contribution < 1.29 is 9.53 Å². The van der Waals surface area contributed by atoms with Gasteiger partial charge in [0, 0.05) is 6.92 Å². The first-order valence-electron chi connectivity index (χ1n) is 9.76. The molecule has 0 saturated carbocycles. The predicted molar refractivity (Wildman–Crippen MR) is 109 cm³/mol. The van der Waals surface area contributed by atoms with Crippen molar-refractivity contribution in [3.8, 4) is 5.75 Å². The molecule has 0 heterocycles. The van der Waals surface area contributed by atoms with Gasteiger partial charge in [0.25, 0.3) is 0 Å². The van der Waals surface area contributed by atoms with Crippen molar-refractivity contribution in [1.29, 1.82) is 0 Å². The summed E-state index contributed by atoms with van der Waals surface area (Å²) in [5, 5.41) is 2.90. The molecule has 0 unspecified atom stereocenters. The number of unbranched alkanes of at least 4 members (excludes halogenated alkanes) is 5. The number of rotatable bonds is 11. The molecule has 1 N–H and O–H groups in total. The van der Waals surface area contributed by atoms with Crippen molar-refractivity contribution in [1.82, 2.24) is 0 Å². The van der Waals surface area contributed by atoms with Gasteiger partial charge in [0.15, 0.2) is 0 Å². The van der Waals surface area contributed by atoms with E-state index in [1.165, 1.54) is 51.0 Å². The first kappa shape index (κ1) is 20.0. The molecule has 0 saturated heterocycles. The highest BCUT2D eigenvalue weighted by molar-refractivity contribution is 5.90. The second-order valence-corrected chi connectivity index (χ2v) is 6.80. The topological polar surface area (TPSA) is 38.3 Å². The van der Waals surface area contributed by atoms with Gasteiger partial charge in [-0.05, 0) is 36.1 Å². The summed E-state index contributed by atoms with van der Waals surface area (Å²) >= 11 is 0. The summed E-state index contributed by atoms with van der Waals surface area (Å²) in [4.78, 5) is 11.5. The largest absolute Gasteiger partial charge is 0.487 e. The number of ether oxygens (including phenoxy) is 1. The van der Waals surface area contributed by atoms with Gasteiger partial charge < -0.3 is 10.1 Å². The third kappa shape index (κ3) is 7.30. The van der Waals surface area contributed by atoms with E-state index in [0.29, 0.717) is 6.61 Å². The summed E-state index contributed by atoms with van der Waals surface area (Å²) < 4.78 is 5.93. The maximum atomic E-state index is 11.5. The van der Waals surface area contributed by atoms with E-state index in [9.17, 15) is 4.79 Å². The average Bonchev–Trinajstić information content (AvgIpc) is 2.64. The molecule has 0 fully saturated rings. The molecule has 1 amide bonds. The molecule has 3 nitrogen and oxygen atoms in total. The summed E-state index contributed by atoms with van der Waals surface area (Å²) in [5.74, 6) is 0.641. The maximum absolute atomic E-state index is 11.5. The lowest BCUT2D eigenvalue weighted by molar-refractivity contribution is -0.114. The van der Waals surface area contributed by atoms with Gasteiger partial charge in [-0.1, -0.05) is 75.4 Å². The standard InChI is InChI=1S/C23H31NO2/c1-3-4-5-6-7-9-12-20-15-16-23(22(17-20)24-19(2)25)26-18-21-13-10-8-11-14-21/h8,10-11,13-17H,3-7,9,12,18H2,1-2H3,(H,24,25). The molecule has 0 spiro atoms. The van der Waals surface area contributed by atoms with E-state index in [1.807, 2.05) is 42.5 Å². The van der Waals surface area contributed by atoms with Gasteiger partial charge in [0.2, 0.25) is 5.91 Å². The Labute approximate surface area is 157 Å². The smallest absolute Gasteiger partial charge is 0.221 e. The molecule has 0 atom stereocenters. The molecular weight excluding hydrogens is 322 g/mol. The van der Waals surface area contributed by atoms with E-state index in [0.717, 1.165) is 23.4 Å². The van der Waals surface area contributed by atoms with Gasteiger partial charge >= 0.3 is 0 Å². The van der Waals surface area contributed by atoms with Gasteiger partial charge in [0.05, 0.1) is 5.69 Å². The number of aryl methyl sites for hydroxylation is 1. The third-order valence-electron chi connectivity index (χ3n) is 4.41. The SMILES string of the molecule is CCCCCCCCc1ccc(OCc2ccccc2)c(NC(C)=O)c1. The fourth-order valence-corrected chi connectivity index (χ4v) is 2.99. The molecule has 0 aliphatic carbocycles. The molecule has 2 aromatic rings. The van der Waals surface area contributed by atoms with Crippen LogP contribution in [0.15, 0.2) is 48.5 Å². The van der Waals surface area contributed by atoms with Crippen LogP contribution in [-0.4, -0.2) is 5.91 Å². The van der Waals surface area contributed by atoms with Crippen LogP contribution >= 0.6 is 0 Å². The van der Waals surface area contributed by atoms with Crippen molar-refractivity contribution in [2.75, 3.05) is 5.32 Å². The Hall–Kier alpha value is -2.29. The number of hydrogen-bond donors (Lipinski definition) is 1. The van der Waals surface area contributed by atoms with Crippen LogP contribution in [0.5, 0.6) is 5.75 Å². The van der Waals surface area contributed by atoms with Crippen LogP contribution in [0.2, 0.25) is 0 Å². The van der Waals surface area contributed by atoms with E-state index in [2.05, 4.69) is 18.3 Å². The fraction of sp³-hybridized carbons (Fsp3) is 0.435. The van der Waals surface area contributed by atoms with Crippen molar-refractivity contribution in [2.24, 2.45) is 0 Å². The molecule has 0 aliphatic heterocycles. The molecular formula is C23H31NO2. The minimum absolute atomic E-state index is 0.0775. The van der Waals surface area contributed by atoms with E-state index < -0.39 is 0 Å². The molecule has 2 aromatic carbocycles. The Morgan fingerprint density at radius 1 is 0.923 bits per heavy atom. The normalized spacial score (nSPS) is 10.5. The van der Waals surface area contributed by atoms with Crippen molar-refractivity contribution >= 4 is 11.6 Å². The average molecular weight is 354 g/mol. The lowest BCUT2D eigenvalue weighted by atomic mass is 10.0. The first-order valence-corrected chi connectivity index (χ1v) is 9.76. The first-order chi connectivity index (χ1) is 12.7. The van der Waals surface area contributed by atoms with Crippen LogP contribution in [0.1, 0.15) is 63.5 Å². The summed E-state index contributed by atoms with van der Waals surface area (Å²) in [6.45, 7) is 4.26. The quantitative estimate of drug-likeness (QED) is 0.494. The summed E-state index contributed by atoms with van der Waals surface area (Å²) in [6.07, 6.45) is 8.75. The van der Waals surface area contributed by atoms with Crippen molar-refractivity contribution in [2.45, 2.75) is 65.4 Å². The van der Waals surface area contributed by atoms with Crippen LogP contribution in [-0.2, 0) is 17.8 Å². The number of nitrogens with one attached hydrogen (secondary N) is 1. The Bertz CT molecular complexity index is 667. The lowest BCUT2D eigenvalue weighted by Crippen LogP contribution is -2.08. The lowest BCUT2D eigenvalue weighted by Gasteiger charge is -2.14. The highest BCUT2D eigenvalue weighted by Crippen LogP contribution is 2.27. The molecule has 26 heavy (non-hydrogen) atoms. The van der Waals surface area contributed by atoms with Crippen molar-refractivity contribution in [3.63, 3.8) is 0 Å². The Morgan fingerprint density at radius 2 is 1.65 bits per heavy atom. The van der Waals surface area contributed by atoms with Crippen LogP contribution in [0, 0.1) is 0 Å². The molecule has 0 radical (unpaired) electrons. The summed E-state index contributed by atoms with van der Waals surface area (Å²) in [5.41, 5.74) is 3.12. The predicted octanol–water partition coefficient (Wildman–Crippen LogP) is 6.13. The Kier molecular flexibility index (Phi) is 8.74. The van der Waals surface area contributed by atoms with Gasteiger partial charge in [-0.25, -0.2) is 0 Å². The summed E-state index contributed by atoms with van der Waals surface area (Å²) in [7, 11) is 0. The third-order valence-corrected chi connectivity index (χ3v) is 4.41. The Balaban J connectivity index is 1.93. The highest BCUT2D eigenvalue weighted by atomic mass is 16.5. The molecule has 0 bridgehead atoms. The molecule has 0 aliphatic rings. The van der Waals surface area contributed by atoms with E-state index in [4.69, 9.17) is 4.74 Å². The monoisotopic (exact) mass is 353 g/mol. The van der Waals surface area contributed by atoms with E-state index >= 15 is 0 Å². The van der Waals surface area contributed by atoms with Crippen LogP contribution in [0.4, 0.5) is 5.69 Å². The van der Waals surface area contributed by atoms with Gasteiger partial charge in [0.1, 0.15) is 12.4 Å². The minimum atomic E-state index is -0.0775. The molecule has 3 heteroatoms. The highest BCUT2D eigenvalue weighted by Gasteiger charge is 2.08. The van der Waals surface area contributed by atoms with Gasteiger partial charge in [-0.2, -0.15) is 0 Å². The maximum Gasteiger partial charge on any atom is 0.221 e. The van der Waals surface area contributed by atoms with E-state index in [1.54, 1.807) is 0 Å². The fourth-order valence-electron chi connectivity index (χ4n) is 2.99.